The zero-order valence-electron chi connectivity index (χ0n) is 11.8. The fourth-order valence-corrected chi connectivity index (χ4v) is 3.56. The molecule has 0 spiro atoms. The van der Waals surface area contributed by atoms with Crippen LogP contribution in [-0.4, -0.2) is 33.9 Å². The number of rotatable bonds is 7. The topological polar surface area (TPSA) is 63.8 Å². The second kappa shape index (κ2) is 8.09. The van der Waals surface area contributed by atoms with E-state index in [1.165, 1.54) is 23.1 Å². The van der Waals surface area contributed by atoms with Gasteiger partial charge in [0.25, 0.3) is 0 Å². The molecule has 7 heteroatoms. The van der Waals surface area contributed by atoms with Gasteiger partial charge in [0.2, 0.25) is 4.80 Å². The zero-order valence-corrected chi connectivity index (χ0v) is 13.5. The Morgan fingerprint density at radius 1 is 1.48 bits per heavy atom. The molecule has 2 aromatic rings. The van der Waals surface area contributed by atoms with Crippen LogP contribution >= 0.6 is 23.1 Å². The van der Waals surface area contributed by atoms with Gasteiger partial charge in [-0.05, 0) is 18.6 Å². The molecule has 0 amide bonds. The number of benzene rings is 1. The number of aryl methyl sites for hydroxylation is 1. The molecule has 0 unspecified atom stereocenters. The van der Waals surface area contributed by atoms with Gasteiger partial charge in [-0.15, -0.1) is 11.8 Å². The van der Waals surface area contributed by atoms with Crippen molar-refractivity contribution >= 4 is 39.3 Å². The van der Waals surface area contributed by atoms with Crippen LogP contribution in [0, 0.1) is 0 Å². The van der Waals surface area contributed by atoms with Crippen molar-refractivity contribution in [3.05, 3.63) is 29.1 Å². The van der Waals surface area contributed by atoms with Gasteiger partial charge in [-0.2, -0.15) is 0 Å². The minimum absolute atomic E-state index is 0.172. The second-order valence-corrected chi connectivity index (χ2v) is 6.49. The fourth-order valence-electron chi connectivity index (χ4n) is 1.88. The molecule has 1 aromatic carbocycles. The zero-order chi connectivity index (χ0) is 15.1. The van der Waals surface area contributed by atoms with Crippen LogP contribution in [0.3, 0.4) is 0 Å². The highest BCUT2D eigenvalue weighted by Crippen LogP contribution is 2.17. The van der Waals surface area contributed by atoms with Crippen molar-refractivity contribution in [2.75, 3.05) is 18.1 Å². The highest BCUT2D eigenvalue weighted by atomic mass is 32.2. The first kappa shape index (κ1) is 15.9. The van der Waals surface area contributed by atoms with Gasteiger partial charge < -0.3 is 14.5 Å². The predicted molar refractivity (Wildman–Crippen MR) is 85.7 cm³/mol. The Bertz CT molecular complexity index is 664. The van der Waals surface area contributed by atoms with Gasteiger partial charge in [-0.3, -0.25) is 4.79 Å². The molecule has 0 saturated heterocycles. The molecule has 0 aliphatic carbocycles. The summed E-state index contributed by atoms with van der Waals surface area (Å²) in [6.45, 7) is 3.14. The quantitative estimate of drug-likeness (QED) is 0.368. The second-order valence-electron chi connectivity index (χ2n) is 4.38. The first-order valence-corrected chi connectivity index (χ1v) is 8.73. The van der Waals surface area contributed by atoms with Crippen LogP contribution in [-0.2, 0) is 16.1 Å². The number of ether oxygens (including phenoxy) is 1. The Kier molecular flexibility index (Phi) is 6.13. The average molecular weight is 326 g/mol. The Morgan fingerprint density at radius 2 is 2.29 bits per heavy atom. The van der Waals surface area contributed by atoms with Crippen molar-refractivity contribution in [3.8, 4) is 0 Å². The smallest absolute Gasteiger partial charge is 0.315 e. The number of fused-ring (bicyclic) bond motifs is 1. The number of hydrogen-bond acceptors (Lipinski definition) is 6. The third-order valence-corrected chi connectivity index (χ3v) is 4.78. The molecule has 114 valence electrons. The molecule has 0 fully saturated rings. The predicted octanol–water partition coefficient (Wildman–Crippen LogP) is 2.68. The first-order chi connectivity index (χ1) is 10.3. The molecule has 0 aliphatic rings. The molecule has 1 heterocycles. The summed E-state index contributed by atoms with van der Waals surface area (Å²) in [6.07, 6.45) is 0.842. The minimum Gasteiger partial charge on any atom is -0.465 e. The van der Waals surface area contributed by atoms with E-state index < -0.39 is 0 Å². The number of carbonyl (C=O) groups is 1. The summed E-state index contributed by atoms with van der Waals surface area (Å²) in [6, 6.07) is 7.92. The molecule has 0 saturated carbocycles. The number of carbonyl (C=O) groups excluding carboxylic acids is 1. The van der Waals surface area contributed by atoms with E-state index in [1.54, 1.807) is 0 Å². The Balaban J connectivity index is 1.93. The number of hydrogen-bond donors (Lipinski definition) is 1. The van der Waals surface area contributed by atoms with Gasteiger partial charge in [0.1, 0.15) is 0 Å². The van der Waals surface area contributed by atoms with Crippen molar-refractivity contribution < 1.29 is 14.7 Å². The summed E-state index contributed by atoms with van der Waals surface area (Å²) in [5, 5.41) is 12.4. The van der Waals surface area contributed by atoms with Gasteiger partial charge >= 0.3 is 5.97 Å². The molecule has 5 nitrogen and oxygen atoms in total. The maximum absolute atomic E-state index is 11.4. The fraction of sp³-hybridized carbons (Fsp3) is 0.429. The van der Waals surface area contributed by atoms with Crippen molar-refractivity contribution in [3.63, 3.8) is 0 Å². The van der Waals surface area contributed by atoms with Crippen molar-refractivity contribution in [1.29, 1.82) is 0 Å². The lowest BCUT2D eigenvalue weighted by Crippen LogP contribution is -2.16. The monoisotopic (exact) mass is 326 g/mol. The minimum atomic E-state index is -0.172. The number of aromatic nitrogens is 1. The van der Waals surface area contributed by atoms with E-state index in [4.69, 9.17) is 9.94 Å². The van der Waals surface area contributed by atoms with E-state index in [9.17, 15) is 4.79 Å². The third-order valence-electron chi connectivity index (χ3n) is 2.82. The summed E-state index contributed by atoms with van der Waals surface area (Å²) in [7, 11) is 0. The molecule has 0 atom stereocenters. The summed E-state index contributed by atoms with van der Waals surface area (Å²) in [5.41, 5.74) is 1.05. The van der Waals surface area contributed by atoms with Crippen LogP contribution in [0.25, 0.3) is 10.2 Å². The van der Waals surface area contributed by atoms with Crippen LogP contribution in [0.4, 0.5) is 0 Å². The number of thioether (sulfide) groups is 1. The van der Waals surface area contributed by atoms with E-state index in [0.29, 0.717) is 23.7 Å². The van der Waals surface area contributed by atoms with E-state index in [0.717, 1.165) is 22.4 Å². The Labute approximate surface area is 131 Å². The molecular weight excluding hydrogens is 308 g/mol. The van der Waals surface area contributed by atoms with E-state index in [2.05, 4.69) is 5.16 Å². The van der Waals surface area contributed by atoms with Crippen molar-refractivity contribution in [1.82, 2.24) is 4.57 Å². The first-order valence-electron chi connectivity index (χ1n) is 6.76. The van der Waals surface area contributed by atoms with Gasteiger partial charge in [0.15, 0.2) is 0 Å². The lowest BCUT2D eigenvalue weighted by Gasteiger charge is -2.05. The molecule has 0 aliphatic heterocycles. The largest absolute Gasteiger partial charge is 0.465 e. The van der Waals surface area contributed by atoms with E-state index in [-0.39, 0.29) is 5.97 Å². The van der Waals surface area contributed by atoms with Crippen molar-refractivity contribution in [2.24, 2.45) is 5.16 Å². The van der Waals surface area contributed by atoms with Gasteiger partial charge in [0.05, 0.1) is 22.6 Å². The number of para-hydroxylation sites is 1. The maximum atomic E-state index is 11.4. The summed E-state index contributed by atoms with van der Waals surface area (Å²) >= 11 is 2.97. The van der Waals surface area contributed by atoms with Gasteiger partial charge in [-0.25, -0.2) is 0 Å². The van der Waals surface area contributed by atoms with Gasteiger partial charge in [-0.1, -0.05) is 35.5 Å². The Morgan fingerprint density at radius 3 is 3.05 bits per heavy atom. The molecule has 1 aromatic heterocycles. The van der Waals surface area contributed by atoms with Crippen LogP contribution in [0.5, 0.6) is 0 Å². The molecule has 0 radical (unpaired) electrons. The molecule has 2 rings (SSSR count). The van der Waals surface area contributed by atoms with Crippen LogP contribution in [0.15, 0.2) is 29.4 Å². The standard InChI is InChI=1S/C14H18N2O3S2/c1-2-8-19-13(17)10-20-9-7-16-11-5-3-4-6-12(11)21-14(16)15-18/h3-6,18H,2,7-10H2,1H3/b15-14-. The molecule has 1 N–H and O–H groups in total. The summed E-state index contributed by atoms with van der Waals surface area (Å²) in [5.74, 6) is 0.942. The van der Waals surface area contributed by atoms with E-state index >= 15 is 0 Å². The van der Waals surface area contributed by atoms with Crippen LogP contribution in [0.1, 0.15) is 13.3 Å². The highest BCUT2D eigenvalue weighted by Gasteiger charge is 2.07. The number of thiazole rings is 1. The van der Waals surface area contributed by atoms with Crippen LogP contribution in [0.2, 0.25) is 0 Å². The maximum Gasteiger partial charge on any atom is 0.315 e. The van der Waals surface area contributed by atoms with Crippen molar-refractivity contribution in [2.45, 2.75) is 19.9 Å². The highest BCUT2D eigenvalue weighted by molar-refractivity contribution is 7.99. The number of esters is 1. The van der Waals surface area contributed by atoms with E-state index in [1.807, 2.05) is 35.8 Å². The SMILES string of the molecule is CCCOC(=O)CSCCn1/c(=N/O)sc2ccccc21. The molecular formula is C14H18N2O3S2. The molecule has 21 heavy (non-hydrogen) atoms. The Hall–Kier alpha value is -1.47. The molecule has 0 bridgehead atoms. The summed E-state index contributed by atoms with van der Waals surface area (Å²) in [4.78, 5) is 12.0. The normalized spacial score (nSPS) is 12.0. The summed E-state index contributed by atoms with van der Waals surface area (Å²) < 4.78 is 8.06. The third kappa shape index (κ3) is 4.25. The number of nitrogens with zero attached hydrogens (tertiary/aromatic N) is 2. The van der Waals surface area contributed by atoms with Gasteiger partial charge in [0, 0.05) is 12.3 Å². The van der Waals surface area contributed by atoms with Crippen LogP contribution < -0.4 is 4.80 Å². The average Bonchev–Trinajstić information content (AvgIpc) is 2.87. The lowest BCUT2D eigenvalue weighted by atomic mass is 10.3. The lowest BCUT2D eigenvalue weighted by molar-refractivity contribution is -0.140.